The van der Waals surface area contributed by atoms with E-state index in [1.54, 1.807) is 0 Å². The van der Waals surface area contributed by atoms with Crippen molar-refractivity contribution in [1.29, 1.82) is 0 Å². The monoisotopic (exact) mass is 160 g/mol. The van der Waals surface area contributed by atoms with Crippen molar-refractivity contribution in [3.8, 4) is 0 Å². The Kier molecular flexibility index (Phi) is 1.82. The second kappa shape index (κ2) is 2.97. The lowest BCUT2D eigenvalue weighted by Crippen LogP contribution is -2.13. The molecule has 0 fully saturated rings. The van der Waals surface area contributed by atoms with Crippen molar-refractivity contribution in [1.82, 2.24) is 0 Å². The molecule has 1 aliphatic rings. The number of nitrogens with two attached hydrogens (primary N) is 1. The summed E-state index contributed by atoms with van der Waals surface area (Å²) in [6.45, 7) is 0. The molecule has 2 nitrogen and oxygen atoms in total. The molecule has 0 atom stereocenters. The molecule has 1 aliphatic carbocycles. The molecule has 0 unspecified atom stereocenters. The molecule has 62 valence electrons. The van der Waals surface area contributed by atoms with Gasteiger partial charge in [-0.1, -0.05) is 24.3 Å². The summed E-state index contributed by atoms with van der Waals surface area (Å²) >= 11 is 0. The van der Waals surface area contributed by atoms with Crippen LogP contribution in [0.4, 0.5) is 0 Å². The number of hydrazone groups is 1. The van der Waals surface area contributed by atoms with Gasteiger partial charge in [-0.3, -0.25) is 0 Å². The Bertz CT molecular complexity index is 315. The zero-order valence-electron chi connectivity index (χ0n) is 6.96. The summed E-state index contributed by atoms with van der Waals surface area (Å²) < 4.78 is 0. The Labute approximate surface area is 72.1 Å². The van der Waals surface area contributed by atoms with E-state index in [2.05, 4.69) is 23.3 Å². The lowest BCUT2D eigenvalue weighted by Gasteiger charge is -2.16. The molecule has 2 rings (SSSR count). The topological polar surface area (TPSA) is 38.4 Å². The highest BCUT2D eigenvalue weighted by Crippen LogP contribution is 2.20. The van der Waals surface area contributed by atoms with Crippen LogP contribution in [0, 0.1) is 0 Å². The molecule has 0 aromatic heterocycles. The highest BCUT2D eigenvalue weighted by atomic mass is 15.1. The number of hydrogen-bond donors (Lipinski definition) is 1. The van der Waals surface area contributed by atoms with Gasteiger partial charge in [0, 0.05) is 5.56 Å². The SMILES string of the molecule is NN=C1CCCc2ccccc21. The first-order valence-corrected chi connectivity index (χ1v) is 4.27. The summed E-state index contributed by atoms with van der Waals surface area (Å²) in [5, 5.41) is 3.81. The lowest BCUT2D eigenvalue weighted by atomic mass is 9.90. The van der Waals surface area contributed by atoms with Crippen molar-refractivity contribution in [2.24, 2.45) is 10.9 Å². The molecule has 0 saturated heterocycles. The molecule has 0 saturated carbocycles. The molecule has 12 heavy (non-hydrogen) atoms. The summed E-state index contributed by atoms with van der Waals surface area (Å²) in [6.07, 6.45) is 3.36. The molecule has 1 aromatic rings. The van der Waals surface area contributed by atoms with E-state index in [0.29, 0.717) is 0 Å². The van der Waals surface area contributed by atoms with Crippen LogP contribution in [0.2, 0.25) is 0 Å². The molecule has 0 bridgehead atoms. The maximum absolute atomic E-state index is 5.31. The highest BCUT2D eigenvalue weighted by molar-refractivity contribution is 6.02. The second-order valence-electron chi connectivity index (χ2n) is 3.09. The average molecular weight is 160 g/mol. The van der Waals surface area contributed by atoms with Crippen molar-refractivity contribution in [2.75, 3.05) is 0 Å². The van der Waals surface area contributed by atoms with Crippen molar-refractivity contribution in [3.05, 3.63) is 35.4 Å². The van der Waals surface area contributed by atoms with Gasteiger partial charge in [0.25, 0.3) is 0 Å². The minimum atomic E-state index is 1.02. The van der Waals surface area contributed by atoms with E-state index in [9.17, 15) is 0 Å². The number of aryl methyl sites for hydroxylation is 1. The van der Waals surface area contributed by atoms with E-state index in [4.69, 9.17) is 5.84 Å². The maximum Gasteiger partial charge on any atom is 0.0675 e. The number of fused-ring (bicyclic) bond motifs is 1. The van der Waals surface area contributed by atoms with Crippen molar-refractivity contribution >= 4 is 5.71 Å². The summed E-state index contributed by atoms with van der Waals surface area (Å²) in [7, 11) is 0. The predicted octanol–water partition coefficient (Wildman–Crippen LogP) is 1.69. The standard InChI is InChI=1S/C10H12N2/c11-12-10-7-3-5-8-4-1-2-6-9(8)10/h1-2,4,6H,3,5,7,11H2. The Hall–Kier alpha value is -1.31. The molecule has 1 aromatic carbocycles. The molecule has 2 heteroatoms. The maximum atomic E-state index is 5.31. The first-order valence-electron chi connectivity index (χ1n) is 4.27. The summed E-state index contributed by atoms with van der Waals surface area (Å²) in [6, 6.07) is 8.35. The zero-order chi connectivity index (χ0) is 8.39. The second-order valence-corrected chi connectivity index (χ2v) is 3.09. The fourth-order valence-electron chi connectivity index (χ4n) is 1.73. The number of hydrogen-bond acceptors (Lipinski definition) is 2. The Balaban J connectivity index is 2.51. The van der Waals surface area contributed by atoms with Crippen LogP contribution in [0.3, 0.4) is 0 Å². The smallest absolute Gasteiger partial charge is 0.0675 e. The third-order valence-electron chi connectivity index (χ3n) is 2.34. The third kappa shape index (κ3) is 1.09. The number of rotatable bonds is 0. The fourth-order valence-corrected chi connectivity index (χ4v) is 1.73. The summed E-state index contributed by atoms with van der Waals surface area (Å²) in [5.74, 6) is 5.31. The summed E-state index contributed by atoms with van der Waals surface area (Å²) in [5.41, 5.74) is 3.68. The van der Waals surface area contributed by atoms with Crippen LogP contribution in [0.5, 0.6) is 0 Å². The zero-order valence-corrected chi connectivity index (χ0v) is 6.96. The van der Waals surface area contributed by atoms with Gasteiger partial charge in [0.2, 0.25) is 0 Å². The van der Waals surface area contributed by atoms with Crippen molar-refractivity contribution in [3.63, 3.8) is 0 Å². The van der Waals surface area contributed by atoms with Gasteiger partial charge in [0.15, 0.2) is 0 Å². The first-order chi connectivity index (χ1) is 5.92. The van der Waals surface area contributed by atoms with E-state index in [1.165, 1.54) is 17.5 Å². The number of benzene rings is 1. The fraction of sp³-hybridized carbons (Fsp3) is 0.300. The average Bonchev–Trinajstić information content (AvgIpc) is 2.17. The van der Waals surface area contributed by atoms with Gasteiger partial charge in [-0.15, -0.1) is 0 Å². The Morgan fingerprint density at radius 3 is 2.83 bits per heavy atom. The van der Waals surface area contributed by atoms with E-state index >= 15 is 0 Å². The van der Waals surface area contributed by atoms with Crippen molar-refractivity contribution in [2.45, 2.75) is 19.3 Å². The van der Waals surface area contributed by atoms with Crippen LogP contribution in [0.25, 0.3) is 0 Å². The van der Waals surface area contributed by atoms with Gasteiger partial charge in [-0.05, 0) is 24.8 Å². The quantitative estimate of drug-likeness (QED) is 0.455. The molecule has 0 amide bonds. The molecule has 2 N–H and O–H groups in total. The van der Waals surface area contributed by atoms with Crippen LogP contribution in [0.15, 0.2) is 29.4 Å². The molecular weight excluding hydrogens is 148 g/mol. The van der Waals surface area contributed by atoms with E-state index < -0.39 is 0 Å². The van der Waals surface area contributed by atoms with E-state index in [1.807, 2.05) is 6.07 Å². The lowest BCUT2D eigenvalue weighted by molar-refractivity contribution is 0.835. The predicted molar refractivity (Wildman–Crippen MR) is 50.1 cm³/mol. The third-order valence-corrected chi connectivity index (χ3v) is 2.34. The highest BCUT2D eigenvalue weighted by Gasteiger charge is 2.13. The number of nitrogens with zero attached hydrogens (tertiary/aromatic N) is 1. The van der Waals surface area contributed by atoms with Gasteiger partial charge in [0.1, 0.15) is 0 Å². The van der Waals surface area contributed by atoms with Crippen LogP contribution in [0.1, 0.15) is 24.0 Å². The molecule has 0 radical (unpaired) electrons. The Morgan fingerprint density at radius 2 is 2.00 bits per heavy atom. The minimum Gasteiger partial charge on any atom is -0.323 e. The van der Waals surface area contributed by atoms with Crippen LogP contribution >= 0.6 is 0 Å². The largest absolute Gasteiger partial charge is 0.323 e. The van der Waals surface area contributed by atoms with Crippen molar-refractivity contribution < 1.29 is 0 Å². The minimum absolute atomic E-state index is 1.02. The van der Waals surface area contributed by atoms with Crippen LogP contribution in [-0.2, 0) is 6.42 Å². The van der Waals surface area contributed by atoms with E-state index in [-0.39, 0.29) is 0 Å². The van der Waals surface area contributed by atoms with Gasteiger partial charge in [-0.2, -0.15) is 5.10 Å². The van der Waals surface area contributed by atoms with Crippen LogP contribution in [-0.4, -0.2) is 5.71 Å². The molecule has 0 heterocycles. The molecular formula is C10H12N2. The van der Waals surface area contributed by atoms with E-state index in [0.717, 1.165) is 18.6 Å². The molecule has 0 spiro atoms. The van der Waals surface area contributed by atoms with Gasteiger partial charge in [0.05, 0.1) is 5.71 Å². The first kappa shape index (κ1) is 7.35. The van der Waals surface area contributed by atoms with Gasteiger partial charge >= 0.3 is 0 Å². The van der Waals surface area contributed by atoms with Crippen LogP contribution < -0.4 is 5.84 Å². The summed E-state index contributed by atoms with van der Waals surface area (Å²) in [4.78, 5) is 0. The normalized spacial score (nSPS) is 19.2. The Morgan fingerprint density at radius 1 is 1.17 bits per heavy atom. The van der Waals surface area contributed by atoms with Gasteiger partial charge < -0.3 is 5.84 Å². The van der Waals surface area contributed by atoms with Gasteiger partial charge in [-0.25, -0.2) is 0 Å². The molecule has 0 aliphatic heterocycles.